The molecule has 0 radical (unpaired) electrons. The maximum atomic E-state index is 13.8. The first-order chi connectivity index (χ1) is 15.3. The monoisotopic (exact) mass is 491 g/mol. The van der Waals surface area contributed by atoms with E-state index in [1.165, 1.54) is 0 Å². The normalized spacial score (nSPS) is 24.4. The summed E-state index contributed by atoms with van der Waals surface area (Å²) in [5, 5.41) is 15.8. The Hall–Kier alpha value is -2.73. The third-order valence-corrected chi connectivity index (χ3v) is 8.02. The fourth-order valence-electron chi connectivity index (χ4n) is 5.48. The first-order valence-electron chi connectivity index (χ1n) is 11.0. The number of hydrogen-bond donors (Lipinski definition) is 1. The summed E-state index contributed by atoms with van der Waals surface area (Å²) < 4.78 is 0.889. The van der Waals surface area contributed by atoms with Crippen molar-refractivity contribution in [2.75, 3.05) is 0 Å². The van der Waals surface area contributed by atoms with E-state index in [2.05, 4.69) is 21.2 Å². The Morgan fingerprint density at radius 2 is 1.66 bits per heavy atom. The average molecular weight is 492 g/mol. The summed E-state index contributed by atoms with van der Waals surface area (Å²) in [6.45, 7) is 1.95. The molecule has 2 bridgehead atoms. The zero-order valence-corrected chi connectivity index (χ0v) is 19.5. The third-order valence-electron chi connectivity index (χ3n) is 7.52. The van der Waals surface area contributed by atoms with E-state index >= 15 is 0 Å². The molecule has 6 rings (SSSR count). The first-order valence-corrected chi connectivity index (χ1v) is 11.8. The molecule has 3 aliphatic carbocycles. The molecule has 0 unspecified atom stereocenters. The lowest BCUT2D eigenvalue weighted by Crippen LogP contribution is -2.60. The standard InChI is InChI=1S/C26H25BrN2O3/c1-16-21(23(30)29-26-12-9-25(10-13-26,11-14-26)24(31)32)19-15-18(27)7-8-20(19)28-22(16)17-5-3-2-4-6-17/h2-8,15H,9-14H2,1H3,(H,29,30)(H,31,32)/p-1. The minimum atomic E-state index is -0.939. The number of carbonyl (C=O) groups excluding carboxylic acids is 2. The van der Waals surface area contributed by atoms with Crippen LogP contribution in [0.25, 0.3) is 22.2 Å². The van der Waals surface area contributed by atoms with E-state index in [4.69, 9.17) is 4.98 Å². The Bertz CT molecular complexity index is 1210. The second kappa shape index (κ2) is 7.69. The number of halogens is 1. The largest absolute Gasteiger partial charge is 0.550 e. The zero-order valence-electron chi connectivity index (χ0n) is 17.9. The number of aliphatic carboxylic acids is 1. The van der Waals surface area contributed by atoms with Crippen molar-refractivity contribution >= 4 is 38.7 Å². The molecule has 1 aromatic heterocycles. The highest BCUT2D eigenvalue weighted by Crippen LogP contribution is 2.52. The molecular formula is C26H24BrN2O3-. The quantitative estimate of drug-likeness (QED) is 0.580. The second-order valence-corrected chi connectivity index (χ2v) is 10.2. The van der Waals surface area contributed by atoms with Crippen LogP contribution >= 0.6 is 15.9 Å². The molecule has 3 aliphatic rings. The van der Waals surface area contributed by atoms with Crippen LogP contribution in [0.15, 0.2) is 53.0 Å². The van der Waals surface area contributed by atoms with Gasteiger partial charge in [0.25, 0.3) is 5.91 Å². The molecule has 2 aromatic carbocycles. The van der Waals surface area contributed by atoms with Crippen LogP contribution in [0.4, 0.5) is 0 Å². The van der Waals surface area contributed by atoms with Crippen molar-refractivity contribution in [3.8, 4) is 11.3 Å². The van der Waals surface area contributed by atoms with E-state index in [0.29, 0.717) is 44.1 Å². The third kappa shape index (κ3) is 3.41. The Kier molecular flexibility index (Phi) is 5.08. The van der Waals surface area contributed by atoms with E-state index in [-0.39, 0.29) is 11.4 Å². The van der Waals surface area contributed by atoms with Crippen LogP contribution in [0, 0.1) is 12.3 Å². The van der Waals surface area contributed by atoms with Crippen molar-refractivity contribution in [1.29, 1.82) is 0 Å². The van der Waals surface area contributed by atoms with E-state index < -0.39 is 11.4 Å². The maximum Gasteiger partial charge on any atom is 0.252 e. The van der Waals surface area contributed by atoms with Crippen LogP contribution in [0.1, 0.15) is 54.4 Å². The number of nitrogens with zero attached hydrogens (tertiary/aromatic N) is 1. The average Bonchev–Trinajstić information content (AvgIpc) is 2.80. The van der Waals surface area contributed by atoms with Crippen molar-refractivity contribution in [3.05, 3.63) is 64.1 Å². The van der Waals surface area contributed by atoms with Gasteiger partial charge in [0.2, 0.25) is 0 Å². The molecular weight excluding hydrogens is 468 g/mol. The summed E-state index contributed by atoms with van der Waals surface area (Å²) in [5.74, 6) is -1.06. The summed E-state index contributed by atoms with van der Waals surface area (Å²) in [6.07, 6.45) is 3.70. The van der Waals surface area contributed by atoms with Crippen molar-refractivity contribution < 1.29 is 14.7 Å². The number of nitrogens with one attached hydrogen (secondary N) is 1. The molecule has 5 nitrogen and oxygen atoms in total. The molecule has 0 aliphatic heterocycles. The number of pyridine rings is 1. The number of carboxylic acid groups (broad SMARTS) is 1. The van der Waals surface area contributed by atoms with Crippen molar-refractivity contribution in [2.24, 2.45) is 5.41 Å². The summed E-state index contributed by atoms with van der Waals surface area (Å²) >= 11 is 3.53. The molecule has 3 saturated carbocycles. The number of fused-ring (bicyclic) bond motifs is 4. The predicted octanol–water partition coefficient (Wildman–Crippen LogP) is 4.55. The fraction of sp³-hybridized carbons (Fsp3) is 0.346. The molecule has 3 aromatic rings. The number of rotatable bonds is 4. The van der Waals surface area contributed by atoms with Crippen LogP contribution in [-0.4, -0.2) is 22.4 Å². The topological polar surface area (TPSA) is 82.1 Å². The van der Waals surface area contributed by atoms with Gasteiger partial charge in [-0.05, 0) is 69.2 Å². The lowest BCUT2D eigenvalue weighted by molar-refractivity contribution is -0.323. The van der Waals surface area contributed by atoms with Gasteiger partial charge in [0.05, 0.1) is 16.8 Å². The van der Waals surface area contributed by atoms with Gasteiger partial charge in [0.1, 0.15) is 0 Å². The van der Waals surface area contributed by atoms with Crippen LogP contribution in [0.5, 0.6) is 0 Å². The Balaban J connectivity index is 1.56. The van der Waals surface area contributed by atoms with Crippen LogP contribution < -0.4 is 10.4 Å². The van der Waals surface area contributed by atoms with E-state index in [1.54, 1.807) is 0 Å². The Labute approximate surface area is 195 Å². The number of carboxylic acids is 1. The summed E-state index contributed by atoms with van der Waals surface area (Å²) in [4.78, 5) is 30.3. The molecule has 32 heavy (non-hydrogen) atoms. The molecule has 0 saturated heterocycles. The van der Waals surface area contributed by atoms with Crippen LogP contribution in [0.2, 0.25) is 0 Å². The maximum absolute atomic E-state index is 13.8. The fourth-order valence-corrected chi connectivity index (χ4v) is 5.84. The smallest absolute Gasteiger partial charge is 0.252 e. The Morgan fingerprint density at radius 1 is 1.00 bits per heavy atom. The molecule has 6 heteroatoms. The van der Waals surface area contributed by atoms with Gasteiger partial charge in [0.15, 0.2) is 0 Å². The molecule has 1 N–H and O–H groups in total. The summed E-state index contributed by atoms with van der Waals surface area (Å²) in [5.41, 5.74) is 2.94. The van der Waals surface area contributed by atoms with Crippen molar-refractivity contribution in [2.45, 2.75) is 51.0 Å². The second-order valence-electron chi connectivity index (χ2n) is 9.29. The lowest BCUT2D eigenvalue weighted by Gasteiger charge is -2.54. The number of carbonyl (C=O) groups is 2. The molecule has 1 heterocycles. The Morgan fingerprint density at radius 3 is 2.28 bits per heavy atom. The van der Waals surface area contributed by atoms with Crippen LogP contribution in [-0.2, 0) is 4.79 Å². The van der Waals surface area contributed by atoms with Gasteiger partial charge in [-0.2, -0.15) is 0 Å². The predicted molar refractivity (Wildman–Crippen MR) is 125 cm³/mol. The zero-order chi connectivity index (χ0) is 22.5. The molecule has 3 fully saturated rings. The van der Waals surface area contributed by atoms with Gasteiger partial charge in [-0.1, -0.05) is 46.3 Å². The van der Waals surface area contributed by atoms with Gasteiger partial charge in [-0.3, -0.25) is 4.79 Å². The highest BCUT2D eigenvalue weighted by Gasteiger charge is 2.50. The van der Waals surface area contributed by atoms with Gasteiger partial charge in [-0.15, -0.1) is 0 Å². The molecule has 0 atom stereocenters. The minimum Gasteiger partial charge on any atom is -0.550 e. The number of hydrogen-bond acceptors (Lipinski definition) is 4. The van der Waals surface area contributed by atoms with Gasteiger partial charge >= 0.3 is 0 Å². The SMILES string of the molecule is Cc1c(-c2ccccc2)nc2ccc(Br)cc2c1C(=O)NC12CCC(C(=O)[O-])(CC1)CC2. The molecule has 1 amide bonds. The van der Waals surface area contributed by atoms with Crippen LogP contribution in [0.3, 0.4) is 0 Å². The number of amides is 1. The van der Waals surface area contributed by atoms with Crippen molar-refractivity contribution in [1.82, 2.24) is 10.3 Å². The van der Waals surface area contributed by atoms with Gasteiger partial charge < -0.3 is 15.2 Å². The first kappa shape index (κ1) is 21.1. The number of aromatic nitrogens is 1. The molecule has 164 valence electrons. The minimum absolute atomic E-state index is 0.118. The summed E-state index contributed by atoms with van der Waals surface area (Å²) in [7, 11) is 0. The van der Waals surface area contributed by atoms with Crippen molar-refractivity contribution in [3.63, 3.8) is 0 Å². The van der Waals surface area contributed by atoms with Gasteiger partial charge in [0, 0.05) is 32.3 Å². The molecule has 0 spiro atoms. The summed E-state index contributed by atoms with van der Waals surface area (Å²) in [6, 6.07) is 15.7. The van der Waals surface area contributed by atoms with Gasteiger partial charge in [-0.25, -0.2) is 4.98 Å². The number of benzene rings is 2. The highest BCUT2D eigenvalue weighted by atomic mass is 79.9. The lowest BCUT2D eigenvalue weighted by atomic mass is 9.57. The highest BCUT2D eigenvalue weighted by molar-refractivity contribution is 9.10. The van der Waals surface area contributed by atoms with E-state index in [1.807, 2.05) is 55.5 Å². The van der Waals surface area contributed by atoms with E-state index in [9.17, 15) is 14.7 Å². The van der Waals surface area contributed by atoms with E-state index in [0.717, 1.165) is 32.2 Å².